The lowest BCUT2D eigenvalue weighted by molar-refractivity contribution is -0.142. The Labute approximate surface area is 279 Å². The van der Waals surface area contributed by atoms with Gasteiger partial charge < -0.3 is 14.2 Å². The number of hydrogen-bond donors (Lipinski definition) is 1. The Balaban J connectivity index is 1.33. The number of alkyl halides is 2. The van der Waals surface area contributed by atoms with Gasteiger partial charge >= 0.3 is 16.8 Å². The number of nitrogens with one attached hydrogen (secondary N) is 1. The summed E-state index contributed by atoms with van der Waals surface area (Å²) in [6, 6.07) is 11.0. The number of aromatic nitrogens is 1. The van der Waals surface area contributed by atoms with Gasteiger partial charge in [-0.15, -0.1) is 0 Å². The van der Waals surface area contributed by atoms with Crippen LogP contribution < -0.4 is 9.46 Å². The Hall–Kier alpha value is -3.51. The predicted octanol–water partition coefficient (Wildman–Crippen LogP) is 6.52. The largest absolute Gasteiger partial charge is 0.435 e. The topological polar surface area (TPSA) is 101 Å². The third-order valence-corrected chi connectivity index (χ3v) is 13.2. The molecule has 256 valence electrons. The molecule has 2 saturated carbocycles. The lowest BCUT2D eigenvalue weighted by Crippen LogP contribution is -2.48. The fourth-order valence-electron chi connectivity index (χ4n) is 9.44. The first-order valence-electron chi connectivity index (χ1n) is 17.3. The van der Waals surface area contributed by atoms with Gasteiger partial charge in [-0.3, -0.25) is 9.59 Å². The first-order chi connectivity index (χ1) is 23.0. The molecule has 5 aliphatic rings. The van der Waals surface area contributed by atoms with Crippen LogP contribution in [0.5, 0.6) is 5.75 Å². The number of nitrogens with zero attached hydrogens (tertiary/aromatic N) is 3. The molecule has 4 heterocycles. The average molecular weight is 681 g/mol. The smallest absolute Gasteiger partial charge is 0.387 e. The summed E-state index contributed by atoms with van der Waals surface area (Å²) < 4.78 is 62.2. The SMILES string of the molecule is CN(C)S(=O)(=O)NC(=O)c1ccc2c(C3CCCCC3)c3n(c2c1)CC1(C(=O)N2C4CCCC2CC4)CC1c1cc(OC(F)F)ccc1-3. The van der Waals surface area contributed by atoms with Gasteiger partial charge in [0.1, 0.15) is 5.75 Å². The first kappa shape index (κ1) is 31.7. The summed E-state index contributed by atoms with van der Waals surface area (Å²) >= 11 is 0. The van der Waals surface area contributed by atoms with E-state index in [0.717, 1.165) is 102 Å². The second kappa shape index (κ2) is 11.5. The Morgan fingerprint density at radius 3 is 2.38 bits per heavy atom. The lowest BCUT2D eigenvalue weighted by atomic mass is 9.81. The van der Waals surface area contributed by atoms with E-state index in [4.69, 9.17) is 4.74 Å². The number of hydrogen-bond acceptors (Lipinski definition) is 5. The van der Waals surface area contributed by atoms with Crippen molar-refractivity contribution in [1.82, 2.24) is 18.5 Å². The summed E-state index contributed by atoms with van der Waals surface area (Å²) in [7, 11) is -1.30. The maximum absolute atomic E-state index is 14.9. The van der Waals surface area contributed by atoms with E-state index in [1.807, 2.05) is 12.1 Å². The minimum Gasteiger partial charge on any atom is -0.435 e. The maximum Gasteiger partial charge on any atom is 0.387 e. The van der Waals surface area contributed by atoms with Crippen molar-refractivity contribution in [2.24, 2.45) is 5.41 Å². The van der Waals surface area contributed by atoms with Crippen LogP contribution in [0.4, 0.5) is 8.78 Å². The Morgan fingerprint density at radius 2 is 1.69 bits per heavy atom. The molecule has 0 radical (unpaired) electrons. The van der Waals surface area contributed by atoms with Crippen LogP contribution in [0.2, 0.25) is 0 Å². The molecule has 8 rings (SSSR count). The molecular weight excluding hydrogens is 638 g/mol. The van der Waals surface area contributed by atoms with Gasteiger partial charge in [0, 0.05) is 60.7 Å². The molecule has 48 heavy (non-hydrogen) atoms. The van der Waals surface area contributed by atoms with E-state index in [2.05, 4.69) is 14.2 Å². The van der Waals surface area contributed by atoms with E-state index in [9.17, 15) is 26.8 Å². The predicted molar refractivity (Wildman–Crippen MR) is 177 cm³/mol. The number of piperidine rings is 1. The number of carbonyl (C=O) groups is 2. The third-order valence-electron chi connectivity index (χ3n) is 11.8. The molecule has 2 amide bonds. The van der Waals surface area contributed by atoms with Crippen molar-refractivity contribution in [2.45, 2.75) is 108 Å². The molecule has 2 saturated heterocycles. The van der Waals surface area contributed by atoms with Gasteiger partial charge in [0.25, 0.3) is 5.91 Å². The van der Waals surface area contributed by atoms with Crippen LogP contribution >= 0.6 is 0 Å². The Kier molecular flexibility index (Phi) is 7.63. The highest BCUT2D eigenvalue weighted by Gasteiger charge is 2.65. The fraction of sp³-hybridized carbons (Fsp3) is 0.556. The lowest BCUT2D eigenvalue weighted by Gasteiger charge is -2.38. The molecule has 1 N–H and O–H groups in total. The zero-order valence-electron chi connectivity index (χ0n) is 27.4. The molecule has 2 aliphatic carbocycles. The Bertz CT molecular complexity index is 1900. The number of ether oxygens (including phenoxy) is 1. The van der Waals surface area contributed by atoms with Crippen molar-refractivity contribution < 1.29 is 31.5 Å². The molecule has 0 spiro atoms. The van der Waals surface area contributed by atoms with Gasteiger partial charge in [0.2, 0.25) is 5.91 Å². The number of fused-ring (bicyclic) bond motifs is 9. The molecule has 9 nitrogen and oxygen atoms in total. The summed E-state index contributed by atoms with van der Waals surface area (Å²) in [5.41, 5.74) is 4.12. The first-order valence-corrected chi connectivity index (χ1v) is 18.7. The van der Waals surface area contributed by atoms with Gasteiger partial charge in [-0.1, -0.05) is 25.3 Å². The Morgan fingerprint density at radius 1 is 0.958 bits per heavy atom. The minimum atomic E-state index is -4.02. The van der Waals surface area contributed by atoms with Crippen LogP contribution in [-0.4, -0.2) is 66.8 Å². The highest BCUT2D eigenvalue weighted by molar-refractivity contribution is 7.87. The van der Waals surface area contributed by atoms with Crippen molar-refractivity contribution in [3.63, 3.8) is 0 Å². The van der Waals surface area contributed by atoms with Crippen molar-refractivity contribution in [3.05, 3.63) is 53.1 Å². The molecule has 3 aromatic rings. The van der Waals surface area contributed by atoms with Gasteiger partial charge in [-0.05, 0) is 98.7 Å². The van der Waals surface area contributed by atoms with E-state index >= 15 is 0 Å². The van der Waals surface area contributed by atoms with E-state index in [0.29, 0.717) is 13.0 Å². The van der Waals surface area contributed by atoms with Gasteiger partial charge in [0.15, 0.2) is 0 Å². The second-order valence-corrected chi connectivity index (χ2v) is 16.6. The highest BCUT2D eigenvalue weighted by Crippen LogP contribution is 2.67. The number of rotatable bonds is 7. The monoisotopic (exact) mass is 680 g/mol. The molecule has 2 bridgehead atoms. The van der Waals surface area contributed by atoms with E-state index in [1.165, 1.54) is 14.1 Å². The second-order valence-electron chi connectivity index (χ2n) is 14.7. The maximum atomic E-state index is 14.9. The molecule has 1 aromatic heterocycles. The van der Waals surface area contributed by atoms with E-state index < -0.39 is 28.1 Å². The zero-order chi connectivity index (χ0) is 33.5. The molecule has 4 unspecified atom stereocenters. The average Bonchev–Trinajstić information content (AvgIpc) is 3.66. The van der Waals surface area contributed by atoms with Crippen LogP contribution in [0.15, 0.2) is 36.4 Å². The van der Waals surface area contributed by atoms with Crippen molar-refractivity contribution in [1.29, 1.82) is 0 Å². The number of halogens is 2. The standard InChI is InChI=1S/C36H42F2N4O5S/c1-40(2)48(45,46)39-33(43)22-11-15-27-30(17-22)41-20-36(34(44)42-23-9-6-10-24(42)13-12-23)19-29(36)28-18-25(47-35(37)38)14-16-26(28)32(41)31(27)21-7-4-3-5-8-21/h11,14-18,21,23-24,29,35H,3-10,12-13,19-20H2,1-2H3,(H,39,43). The summed E-state index contributed by atoms with van der Waals surface area (Å²) in [4.78, 5) is 30.4. The molecular formula is C36H42F2N4O5S. The van der Waals surface area contributed by atoms with Gasteiger partial charge in [-0.2, -0.15) is 21.5 Å². The van der Waals surface area contributed by atoms with Crippen LogP contribution in [0.25, 0.3) is 22.2 Å². The van der Waals surface area contributed by atoms with Crippen molar-refractivity contribution in [3.8, 4) is 17.0 Å². The molecule has 12 heteroatoms. The summed E-state index contributed by atoms with van der Waals surface area (Å²) in [5, 5.41) is 0.975. The normalized spacial score (nSPS) is 26.6. The van der Waals surface area contributed by atoms with Crippen molar-refractivity contribution in [2.75, 3.05) is 14.1 Å². The summed E-state index contributed by atoms with van der Waals surface area (Å²) in [5.74, 6) is -0.419. The van der Waals surface area contributed by atoms with Crippen molar-refractivity contribution >= 4 is 32.9 Å². The van der Waals surface area contributed by atoms with Gasteiger partial charge in [-0.25, -0.2) is 4.72 Å². The molecule has 4 atom stereocenters. The molecule has 3 aliphatic heterocycles. The van der Waals surface area contributed by atoms with Crippen LogP contribution in [0, 0.1) is 5.41 Å². The number of benzene rings is 2. The quantitative estimate of drug-likeness (QED) is 0.306. The minimum absolute atomic E-state index is 0.0832. The number of carbonyl (C=O) groups excluding carboxylic acids is 2. The van der Waals surface area contributed by atoms with E-state index in [1.54, 1.807) is 24.3 Å². The molecule has 4 fully saturated rings. The third kappa shape index (κ3) is 5.04. The number of amides is 2. The zero-order valence-corrected chi connectivity index (χ0v) is 28.2. The van der Waals surface area contributed by atoms with E-state index in [-0.39, 0.29) is 41.1 Å². The van der Waals surface area contributed by atoms with Crippen LogP contribution in [-0.2, 0) is 21.5 Å². The fourth-order valence-corrected chi connectivity index (χ4v) is 9.98. The summed E-state index contributed by atoms with van der Waals surface area (Å²) in [6.07, 6.45) is 11.1. The molecule has 2 aromatic carbocycles. The highest BCUT2D eigenvalue weighted by atomic mass is 32.2. The summed E-state index contributed by atoms with van der Waals surface area (Å²) in [6.45, 7) is -2.57. The van der Waals surface area contributed by atoms with Crippen LogP contribution in [0.3, 0.4) is 0 Å². The van der Waals surface area contributed by atoms with Gasteiger partial charge in [0.05, 0.1) is 11.1 Å². The van der Waals surface area contributed by atoms with Crippen LogP contribution in [0.1, 0.15) is 104 Å².